The van der Waals surface area contributed by atoms with Crippen LogP contribution in [0.2, 0.25) is 0 Å². The standard InChI is InChI=1S/C24H32N2O10/c27-9-15-17(29)19(31)21(33)23(35-15)25-13-5-1-11(2-6-13)12-3-7-14(8-4-12)26-24-22(34)20(32)18(30)16(10-28)36-24/h1-8,15-34H,9-10H2/t15-,16-,17+,18+,19+,20+,21+,22+,23-,24+/m0/s1. The zero-order valence-electron chi connectivity index (χ0n) is 19.2. The molecule has 0 unspecified atom stereocenters. The molecule has 36 heavy (non-hydrogen) atoms. The molecule has 2 saturated heterocycles. The molecule has 2 aliphatic heterocycles. The fourth-order valence-electron chi connectivity index (χ4n) is 4.29. The van der Waals surface area contributed by atoms with Crippen molar-refractivity contribution in [3.63, 3.8) is 0 Å². The van der Waals surface area contributed by atoms with E-state index >= 15 is 0 Å². The van der Waals surface area contributed by atoms with Crippen LogP contribution in [0.5, 0.6) is 0 Å². The van der Waals surface area contributed by atoms with Gasteiger partial charge in [-0.25, -0.2) is 0 Å². The van der Waals surface area contributed by atoms with Crippen LogP contribution < -0.4 is 10.6 Å². The Hall–Kier alpha value is -2.36. The van der Waals surface area contributed by atoms with Gasteiger partial charge in [0.1, 0.15) is 48.8 Å². The predicted molar refractivity (Wildman–Crippen MR) is 127 cm³/mol. The van der Waals surface area contributed by atoms with Crippen LogP contribution in [0.3, 0.4) is 0 Å². The lowest BCUT2D eigenvalue weighted by atomic mass is 9.98. The highest BCUT2D eigenvalue weighted by atomic mass is 16.6. The molecule has 2 aliphatic rings. The topological polar surface area (TPSA) is 204 Å². The molecule has 2 aromatic carbocycles. The number of rotatable bonds is 7. The van der Waals surface area contributed by atoms with Crippen molar-refractivity contribution in [3.05, 3.63) is 48.5 Å². The molecule has 2 aromatic rings. The summed E-state index contributed by atoms with van der Waals surface area (Å²) in [6.45, 7) is -1.02. The molecule has 0 radical (unpaired) electrons. The normalized spacial score (nSPS) is 36.9. The van der Waals surface area contributed by atoms with Gasteiger partial charge in [0.25, 0.3) is 0 Å². The van der Waals surface area contributed by atoms with E-state index in [1.165, 1.54) is 0 Å². The molecule has 0 bridgehead atoms. The minimum atomic E-state index is -1.47. The van der Waals surface area contributed by atoms with E-state index in [9.17, 15) is 40.9 Å². The second kappa shape index (κ2) is 11.4. The molecular formula is C24H32N2O10. The average Bonchev–Trinajstić information content (AvgIpc) is 2.90. The van der Waals surface area contributed by atoms with Crippen molar-refractivity contribution in [2.24, 2.45) is 0 Å². The van der Waals surface area contributed by atoms with Crippen LogP contribution in [0.4, 0.5) is 11.4 Å². The highest BCUT2D eigenvalue weighted by molar-refractivity contribution is 5.68. The Bertz CT molecular complexity index is 894. The van der Waals surface area contributed by atoms with E-state index in [1.807, 2.05) is 24.3 Å². The number of benzene rings is 2. The highest BCUT2D eigenvalue weighted by Crippen LogP contribution is 2.28. The van der Waals surface area contributed by atoms with E-state index in [4.69, 9.17) is 9.47 Å². The monoisotopic (exact) mass is 508 g/mol. The number of aliphatic hydroxyl groups is 8. The molecule has 2 fully saturated rings. The van der Waals surface area contributed by atoms with E-state index in [0.717, 1.165) is 11.1 Å². The third-order valence-electron chi connectivity index (χ3n) is 6.51. The molecule has 10 atom stereocenters. The molecule has 2 heterocycles. The summed E-state index contributed by atoms with van der Waals surface area (Å²) in [5.74, 6) is 0. The van der Waals surface area contributed by atoms with Gasteiger partial charge in [-0.05, 0) is 35.4 Å². The van der Waals surface area contributed by atoms with Gasteiger partial charge < -0.3 is 61.0 Å². The summed E-state index contributed by atoms with van der Waals surface area (Å²) in [5.41, 5.74) is 2.91. The lowest BCUT2D eigenvalue weighted by Crippen LogP contribution is -2.60. The average molecular weight is 509 g/mol. The van der Waals surface area contributed by atoms with Gasteiger partial charge in [0.2, 0.25) is 0 Å². The maximum Gasteiger partial charge on any atom is 0.157 e. The first kappa shape index (κ1) is 26.7. The van der Waals surface area contributed by atoms with Crippen LogP contribution >= 0.6 is 0 Å². The predicted octanol–water partition coefficient (Wildman–Crippen LogP) is -2.22. The SMILES string of the molecule is OC[C@@H]1O[C@@H](Nc2ccc(-c3ccc(N[C@H]4O[C@@H](CO)[C@@H](O)[C@@H](O)[C@H]4O)cc3)cc2)[C@H](O)[C@H](O)[C@@H]1O. The highest BCUT2D eigenvalue weighted by Gasteiger charge is 2.44. The lowest BCUT2D eigenvalue weighted by Gasteiger charge is -2.40. The summed E-state index contributed by atoms with van der Waals surface area (Å²) in [6, 6.07) is 14.3. The van der Waals surface area contributed by atoms with Crippen molar-refractivity contribution >= 4 is 11.4 Å². The van der Waals surface area contributed by atoms with E-state index in [-0.39, 0.29) is 0 Å². The molecule has 4 rings (SSSR count). The number of ether oxygens (including phenoxy) is 2. The molecule has 0 spiro atoms. The Morgan fingerprint density at radius 1 is 0.500 bits per heavy atom. The van der Waals surface area contributed by atoms with Crippen LogP contribution in [0.25, 0.3) is 11.1 Å². The Labute approximate surface area is 207 Å². The molecule has 0 amide bonds. The molecule has 12 heteroatoms. The molecule has 0 aromatic heterocycles. The van der Waals surface area contributed by atoms with Gasteiger partial charge in [-0.3, -0.25) is 0 Å². The van der Waals surface area contributed by atoms with Gasteiger partial charge in [0.15, 0.2) is 12.5 Å². The van der Waals surface area contributed by atoms with Crippen molar-refractivity contribution < 1.29 is 50.3 Å². The van der Waals surface area contributed by atoms with Gasteiger partial charge in [0.05, 0.1) is 13.2 Å². The first-order valence-corrected chi connectivity index (χ1v) is 11.6. The summed E-state index contributed by atoms with van der Waals surface area (Å²) in [5, 5.41) is 84.6. The minimum Gasteiger partial charge on any atom is -0.394 e. The first-order valence-electron chi connectivity index (χ1n) is 11.6. The van der Waals surface area contributed by atoms with Crippen molar-refractivity contribution in [3.8, 4) is 11.1 Å². The van der Waals surface area contributed by atoms with Gasteiger partial charge >= 0.3 is 0 Å². The number of hydrogen-bond acceptors (Lipinski definition) is 12. The molecule has 0 saturated carbocycles. The van der Waals surface area contributed by atoms with Crippen molar-refractivity contribution in [2.45, 2.75) is 61.3 Å². The third kappa shape index (κ3) is 5.48. The Kier molecular flexibility index (Phi) is 8.42. The summed E-state index contributed by atoms with van der Waals surface area (Å²) in [6.07, 6.45) is -12.7. The van der Waals surface area contributed by atoms with E-state index in [1.54, 1.807) is 24.3 Å². The summed E-state index contributed by atoms with van der Waals surface area (Å²) >= 11 is 0. The second-order valence-corrected chi connectivity index (χ2v) is 8.94. The van der Waals surface area contributed by atoms with Crippen LogP contribution in [0.15, 0.2) is 48.5 Å². The molecule has 12 nitrogen and oxygen atoms in total. The summed E-state index contributed by atoms with van der Waals surface area (Å²) in [4.78, 5) is 0. The van der Waals surface area contributed by atoms with E-state index in [0.29, 0.717) is 11.4 Å². The third-order valence-corrected chi connectivity index (χ3v) is 6.51. The zero-order valence-corrected chi connectivity index (χ0v) is 19.2. The van der Waals surface area contributed by atoms with Crippen molar-refractivity contribution in [1.82, 2.24) is 0 Å². The Balaban J connectivity index is 1.38. The van der Waals surface area contributed by atoms with Crippen molar-refractivity contribution in [1.29, 1.82) is 0 Å². The summed E-state index contributed by atoms with van der Waals surface area (Å²) < 4.78 is 10.9. The van der Waals surface area contributed by atoms with Crippen LogP contribution in [-0.2, 0) is 9.47 Å². The molecule has 10 N–H and O–H groups in total. The maximum absolute atomic E-state index is 10.2. The first-order chi connectivity index (χ1) is 17.2. The summed E-state index contributed by atoms with van der Waals surface area (Å²) in [7, 11) is 0. The zero-order chi connectivity index (χ0) is 26.0. The van der Waals surface area contributed by atoms with Gasteiger partial charge in [-0.2, -0.15) is 0 Å². The Morgan fingerprint density at radius 3 is 1.14 bits per heavy atom. The molecule has 198 valence electrons. The lowest BCUT2D eigenvalue weighted by molar-refractivity contribution is -0.221. The van der Waals surface area contributed by atoms with Gasteiger partial charge in [0, 0.05) is 11.4 Å². The molecule has 0 aliphatic carbocycles. The van der Waals surface area contributed by atoms with Gasteiger partial charge in [-0.1, -0.05) is 24.3 Å². The van der Waals surface area contributed by atoms with E-state index < -0.39 is 74.5 Å². The van der Waals surface area contributed by atoms with Crippen molar-refractivity contribution in [2.75, 3.05) is 23.8 Å². The fourth-order valence-corrected chi connectivity index (χ4v) is 4.29. The fraction of sp³-hybridized carbons (Fsp3) is 0.500. The Morgan fingerprint density at radius 2 is 0.833 bits per heavy atom. The maximum atomic E-state index is 10.2. The van der Waals surface area contributed by atoms with Gasteiger partial charge in [-0.15, -0.1) is 0 Å². The number of hydrogen-bond donors (Lipinski definition) is 10. The van der Waals surface area contributed by atoms with Crippen LogP contribution in [0, 0.1) is 0 Å². The number of aliphatic hydroxyl groups excluding tert-OH is 8. The second-order valence-electron chi connectivity index (χ2n) is 8.94. The quantitative estimate of drug-likeness (QED) is 0.193. The number of anilines is 2. The van der Waals surface area contributed by atoms with Crippen LogP contribution in [0.1, 0.15) is 0 Å². The molecular weight excluding hydrogens is 476 g/mol. The van der Waals surface area contributed by atoms with Crippen LogP contribution in [-0.4, -0.2) is 115 Å². The largest absolute Gasteiger partial charge is 0.394 e. The number of nitrogens with one attached hydrogen (secondary N) is 2. The van der Waals surface area contributed by atoms with E-state index in [2.05, 4.69) is 10.6 Å². The smallest absolute Gasteiger partial charge is 0.157 e. The minimum absolute atomic E-state index is 0.511.